The molecule has 0 atom stereocenters. The molecule has 0 radical (unpaired) electrons. The molecular weight excluding hydrogens is 435 g/mol. The molecule has 0 spiro atoms. The van der Waals surface area contributed by atoms with Gasteiger partial charge in [0.1, 0.15) is 23.2 Å². The molecule has 0 aromatic heterocycles. The number of rotatable bonds is 6. The first-order valence-corrected chi connectivity index (χ1v) is 11.9. The number of hydrogen-bond donors (Lipinski definition) is 0. The highest BCUT2D eigenvalue weighted by Crippen LogP contribution is 2.58. The fraction of sp³-hybridized carbons (Fsp3) is 0.111. The molecule has 0 unspecified atom stereocenters. The SMILES string of the molecule is CCc1ccc(C[P+](c2ccccc2)(c2ccccc2)c2ccccc2)cc1.[Br-]. The predicted molar refractivity (Wildman–Crippen MR) is 125 cm³/mol. The van der Waals surface area contributed by atoms with E-state index in [1.54, 1.807) is 0 Å². The molecule has 29 heavy (non-hydrogen) atoms. The van der Waals surface area contributed by atoms with Crippen LogP contribution >= 0.6 is 7.26 Å². The Morgan fingerprint density at radius 3 is 1.17 bits per heavy atom. The smallest absolute Gasteiger partial charge is 0.116 e. The van der Waals surface area contributed by atoms with Crippen molar-refractivity contribution in [3.05, 3.63) is 126 Å². The lowest BCUT2D eigenvalue weighted by atomic mass is 10.1. The van der Waals surface area contributed by atoms with Crippen LogP contribution in [0.3, 0.4) is 0 Å². The summed E-state index contributed by atoms with van der Waals surface area (Å²) in [7, 11) is -1.80. The molecule has 0 N–H and O–H groups in total. The van der Waals surface area contributed by atoms with E-state index in [1.165, 1.54) is 27.0 Å². The molecule has 4 rings (SSSR count). The third-order valence-electron chi connectivity index (χ3n) is 5.44. The molecule has 0 bridgehead atoms. The molecule has 0 fully saturated rings. The van der Waals surface area contributed by atoms with Gasteiger partial charge >= 0.3 is 0 Å². The van der Waals surface area contributed by atoms with Crippen molar-refractivity contribution in [2.24, 2.45) is 0 Å². The van der Waals surface area contributed by atoms with Crippen LogP contribution in [0.4, 0.5) is 0 Å². The third-order valence-corrected chi connectivity index (χ3v) is 9.82. The van der Waals surface area contributed by atoms with Gasteiger partial charge in [-0.1, -0.05) is 85.8 Å². The van der Waals surface area contributed by atoms with E-state index in [4.69, 9.17) is 0 Å². The van der Waals surface area contributed by atoms with Crippen LogP contribution in [0.2, 0.25) is 0 Å². The summed E-state index contributed by atoms with van der Waals surface area (Å²) in [6.45, 7) is 2.21. The van der Waals surface area contributed by atoms with Gasteiger partial charge in [-0.2, -0.15) is 0 Å². The molecule has 4 aromatic carbocycles. The molecule has 0 heterocycles. The minimum Gasteiger partial charge on any atom is -1.00 e. The summed E-state index contributed by atoms with van der Waals surface area (Å²) in [4.78, 5) is 0. The molecule has 0 aliphatic heterocycles. The molecule has 146 valence electrons. The summed E-state index contributed by atoms with van der Waals surface area (Å²) >= 11 is 0. The van der Waals surface area contributed by atoms with Gasteiger partial charge in [-0.15, -0.1) is 0 Å². The number of aryl methyl sites for hydroxylation is 1. The molecule has 0 nitrogen and oxygen atoms in total. The van der Waals surface area contributed by atoms with E-state index >= 15 is 0 Å². The van der Waals surface area contributed by atoms with E-state index in [0.717, 1.165) is 12.6 Å². The third kappa shape index (κ3) is 4.53. The molecule has 0 amide bonds. The van der Waals surface area contributed by atoms with Crippen molar-refractivity contribution in [1.29, 1.82) is 0 Å². The van der Waals surface area contributed by atoms with Crippen LogP contribution < -0.4 is 32.9 Å². The maximum absolute atomic E-state index is 2.32. The summed E-state index contributed by atoms with van der Waals surface area (Å²) in [5, 5.41) is 4.31. The van der Waals surface area contributed by atoms with Gasteiger partial charge in [0.25, 0.3) is 0 Å². The summed E-state index contributed by atoms with van der Waals surface area (Å²) in [5.41, 5.74) is 2.80. The highest BCUT2D eigenvalue weighted by Gasteiger charge is 2.45. The summed E-state index contributed by atoms with van der Waals surface area (Å²) in [6, 6.07) is 42.5. The van der Waals surface area contributed by atoms with Crippen LogP contribution in [0, 0.1) is 0 Å². The maximum Gasteiger partial charge on any atom is 0.116 e. The normalized spacial score (nSPS) is 10.9. The number of hydrogen-bond acceptors (Lipinski definition) is 0. The van der Waals surface area contributed by atoms with Crippen molar-refractivity contribution < 1.29 is 17.0 Å². The molecule has 4 aromatic rings. The molecule has 0 saturated carbocycles. The first kappa shape index (κ1) is 21.5. The molecular formula is C27H26BrP. The van der Waals surface area contributed by atoms with E-state index in [0.29, 0.717) is 0 Å². The van der Waals surface area contributed by atoms with Gasteiger partial charge in [-0.3, -0.25) is 0 Å². The van der Waals surface area contributed by atoms with Gasteiger partial charge in [0.15, 0.2) is 0 Å². The zero-order valence-electron chi connectivity index (χ0n) is 16.7. The van der Waals surface area contributed by atoms with E-state index < -0.39 is 7.26 Å². The van der Waals surface area contributed by atoms with Gasteiger partial charge in [-0.05, 0) is 53.9 Å². The van der Waals surface area contributed by atoms with Gasteiger partial charge in [0.2, 0.25) is 0 Å². The van der Waals surface area contributed by atoms with Crippen molar-refractivity contribution in [1.82, 2.24) is 0 Å². The van der Waals surface area contributed by atoms with Gasteiger partial charge < -0.3 is 17.0 Å². The summed E-state index contributed by atoms with van der Waals surface area (Å²) in [5.74, 6) is 0. The van der Waals surface area contributed by atoms with Crippen molar-refractivity contribution in [2.75, 3.05) is 0 Å². The average Bonchev–Trinajstić information content (AvgIpc) is 2.80. The number of benzene rings is 4. The fourth-order valence-electron chi connectivity index (χ4n) is 3.92. The van der Waals surface area contributed by atoms with Crippen molar-refractivity contribution in [3.63, 3.8) is 0 Å². The van der Waals surface area contributed by atoms with Crippen LogP contribution in [-0.4, -0.2) is 0 Å². The second kappa shape index (κ2) is 10.0. The van der Waals surface area contributed by atoms with E-state index in [1.807, 2.05) is 0 Å². The van der Waals surface area contributed by atoms with Crippen molar-refractivity contribution in [3.8, 4) is 0 Å². The minimum atomic E-state index is -1.80. The first-order valence-electron chi connectivity index (χ1n) is 9.95. The fourth-order valence-corrected chi connectivity index (χ4v) is 8.17. The standard InChI is InChI=1S/C27H26P.BrH/c1-2-23-18-20-24(21-19-23)22-28(25-12-6-3-7-13-25,26-14-8-4-9-15-26)27-16-10-5-11-17-27;/h3-21H,2,22H2,1H3;1H/q+1;/p-1. The first-order chi connectivity index (χ1) is 13.8. The van der Waals surface area contributed by atoms with Crippen LogP contribution in [0.5, 0.6) is 0 Å². The molecule has 0 aliphatic carbocycles. The highest BCUT2D eigenvalue weighted by atomic mass is 79.9. The van der Waals surface area contributed by atoms with Crippen LogP contribution in [0.25, 0.3) is 0 Å². The van der Waals surface area contributed by atoms with Gasteiger partial charge in [0.05, 0.1) is 6.16 Å². The zero-order valence-corrected chi connectivity index (χ0v) is 19.2. The van der Waals surface area contributed by atoms with E-state index in [-0.39, 0.29) is 17.0 Å². The summed E-state index contributed by atoms with van der Waals surface area (Å²) < 4.78 is 0. The van der Waals surface area contributed by atoms with E-state index in [9.17, 15) is 0 Å². The Morgan fingerprint density at radius 2 is 0.828 bits per heavy atom. The Labute approximate surface area is 185 Å². The van der Waals surface area contributed by atoms with E-state index in [2.05, 4.69) is 122 Å². The Morgan fingerprint density at radius 1 is 0.483 bits per heavy atom. The highest BCUT2D eigenvalue weighted by molar-refractivity contribution is 7.95. The largest absolute Gasteiger partial charge is 1.00 e. The van der Waals surface area contributed by atoms with Gasteiger partial charge in [0, 0.05) is 0 Å². The Hall–Kier alpha value is -2.21. The van der Waals surface area contributed by atoms with Gasteiger partial charge in [-0.25, -0.2) is 0 Å². The second-order valence-electron chi connectivity index (χ2n) is 7.14. The lowest BCUT2D eigenvalue weighted by molar-refractivity contribution is -0.00000551. The lowest BCUT2D eigenvalue weighted by Crippen LogP contribution is -3.00. The van der Waals surface area contributed by atoms with Crippen LogP contribution in [0.1, 0.15) is 18.1 Å². The summed E-state index contributed by atoms with van der Waals surface area (Å²) in [6.07, 6.45) is 2.12. The Balaban J connectivity index is 0.00000240. The van der Waals surface area contributed by atoms with Crippen molar-refractivity contribution in [2.45, 2.75) is 19.5 Å². The van der Waals surface area contributed by atoms with Crippen LogP contribution in [-0.2, 0) is 12.6 Å². The van der Waals surface area contributed by atoms with Crippen molar-refractivity contribution >= 4 is 23.2 Å². The second-order valence-corrected chi connectivity index (χ2v) is 10.6. The Bertz CT molecular complexity index is 900. The Kier molecular flexibility index (Phi) is 7.42. The molecule has 2 heteroatoms. The zero-order chi connectivity index (χ0) is 19.2. The maximum atomic E-state index is 2.32. The minimum absolute atomic E-state index is 0. The lowest BCUT2D eigenvalue weighted by Gasteiger charge is -2.28. The molecule has 0 aliphatic rings. The topological polar surface area (TPSA) is 0 Å². The monoisotopic (exact) mass is 460 g/mol. The van der Waals surface area contributed by atoms with Crippen LogP contribution in [0.15, 0.2) is 115 Å². The molecule has 0 saturated heterocycles. The number of halogens is 1. The average molecular weight is 461 g/mol. The predicted octanol–water partition coefficient (Wildman–Crippen LogP) is 2.75. The quantitative estimate of drug-likeness (QED) is 0.388.